The largest absolute Gasteiger partial charge is 0.393 e. The zero-order valence-corrected chi connectivity index (χ0v) is 14.9. The number of aliphatic hydroxyl groups excluding tert-OH is 1. The molecule has 5 heteroatoms. The molecule has 1 aliphatic rings. The summed E-state index contributed by atoms with van der Waals surface area (Å²) in [5.41, 5.74) is 1.16. The maximum atomic E-state index is 12.5. The standard InChI is InChI=1S/C18H28N2O2S/c1-14-8-10-23-11-9-20(14)18(22)19-13-17(12-15(2)21)16-6-4-3-5-7-16/h3-7,14-15,17,21H,8-13H2,1-2H3,(H,19,22)/t14-,15-,17+/m0/s1. The van der Waals surface area contributed by atoms with Crippen LogP contribution in [-0.2, 0) is 0 Å². The molecule has 2 N–H and O–H groups in total. The summed E-state index contributed by atoms with van der Waals surface area (Å²) in [6.45, 7) is 5.29. The first-order valence-electron chi connectivity index (χ1n) is 8.43. The van der Waals surface area contributed by atoms with Crippen LogP contribution in [0.3, 0.4) is 0 Å². The molecule has 0 spiro atoms. The van der Waals surface area contributed by atoms with Crippen molar-refractivity contribution >= 4 is 17.8 Å². The fourth-order valence-corrected chi connectivity index (χ4v) is 4.02. The van der Waals surface area contributed by atoms with Gasteiger partial charge in [-0.3, -0.25) is 0 Å². The highest BCUT2D eigenvalue weighted by atomic mass is 32.2. The maximum absolute atomic E-state index is 12.5. The molecular weight excluding hydrogens is 308 g/mol. The quantitative estimate of drug-likeness (QED) is 0.869. The third-order valence-corrected chi connectivity index (χ3v) is 5.34. The molecule has 1 saturated heterocycles. The third kappa shape index (κ3) is 5.74. The zero-order valence-electron chi connectivity index (χ0n) is 14.1. The van der Waals surface area contributed by atoms with E-state index >= 15 is 0 Å². The number of hydrogen-bond donors (Lipinski definition) is 2. The van der Waals surface area contributed by atoms with Crippen LogP contribution in [0.2, 0.25) is 0 Å². The number of urea groups is 1. The molecule has 1 aromatic carbocycles. The van der Waals surface area contributed by atoms with Crippen molar-refractivity contribution in [3.8, 4) is 0 Å². The third-order valence-electron chi connectivity index (χ3n) is 4.35. The number of nitrogens with one attached hydrogen (secondary N) is 1. The maximum Gasteiger partial charge on any atom is 0.317 e. The minimum atomic E-state index is -0.384. The Hall–Kier alpha value is -1.20. The monoisotopic (exact) mass is 336 g/mol. The fourth-order valence-electron chi connectivity index (χ4n) is 2.98. The van der Waals surface area contributed by atoms with Gasteiger partial charge >= 0.3 is 6.03 Å². The van der Waals surface area contributed by atoms with Crippen LogP contribution in [0.25, 0.3) is 0 Å². The van der Waals surface area contributed by atoms with E-state index in [1.54, 1.807) is 6.92 Å². The normalized spacial score (nSPS) is 21.3. The molecule has 1 aliphatic heterocycles. The summed E-state index contributed by atoms with van der Waals surface area (Å²) in [6, 6.07) is 10.4. The topological polar surface area (TPSA) is 52.6 Å². The van der Waals surface area contributed by atoms with Gasteiger partial charge in [0.15, 0.2) is 0 Å². The number of amides is 2. The van der Waals surface area contributed by atoms with Gasteiger partial charge in [0, 0.05) is 30.8 Å². The van der Waals surface area contributed by atoms with Crippen LogP contribution < -0.4 is 5.32 Å². The number of carbonyl (C=O) groups excluding carboxylic acids is 1. The highest BCUT2D eigenvalue weighted by Gasteiger charge is 2.23. The Labute approximate surface area is 143 Å². The van der Waals surface area contributed by atoms with Crippen LogP contribution in [0.4, 0.5) is 4.79 Å². The Balaban J connectivity index is 1.95. The average molecular weight is 337 g/mol. The smallest absolute Gasteiger partial charge is 0.317 e. The predicted octanol–water partition coefficient (Wildman–Crippen LogP) is 3.08. The molecule has 0 radical (unpaired) electrons. The lowest BCUT2D eigenvalue weighted by molar-refractivity contribution is 0.167. The second-order valence-electron chi connectivity index (χ2n) is 6.32. The van der Waals surface area contributed by atoms with E-state index in [0.717, 1.165) is 30.0 Å². The van der Waals surface area contributed by atoms with Gasteiger partial charge in [0.25, 0.3) is 0 Å². The summed E-state index contributed by atoms with van der Waals surface area (Å²) in [5, 5.41) is 12.8. The SMILES string of the molecule is C[C@H](O)C[C@H](CNC(=O)N1CCSCC[C@@H]1C)c1ccccc1. The lowest BCUT2D eigenvalue weighted by Crippen LogP contribution is -2.46. The van der Waals surface area contributed by atoms with Crippen molar-refractivity contribution in [3.05, 3.63) is 35.9 Å². The van der Waals surface area contributed by atoms with Crippen LogP contribution in [0.15, 0.2) is 30.3 Å². The van der Waals surface area contributed by atoms with Crippen molar-refractivity contribution in [1.29, 1.82) is 0 Å². The molecule has 2 rings (SSSR count). The summed E-state index contributed by atoms with van der Waals surface area (Å²) in [4.78, 5) is 14.5. The van der Waals surface area contributed by atoms with Crippen molar-refractivity contribution in [2.45, 2.75) is 44.8 Å². The molecule has 0 aliphatic carbocycles. The minimum Gasteiger partial charge on any atom is -0.393 e. The van der Waals surface area contributed by atoms with Gasteiger partial charge in [0.1, 0.15) is 0 Å². The summed E-state index contributed by atoms with van der Waals surface area (Å²) in [5.74, 6) is 2.27. The van der Waals surface area contributed by atoms with E-state index < -0.39 is 0 Å². The number of nitrogens with zero attached hydrogens (tertiary/aromatic N) is 1. The number of rotatable bonds is 5. The van der Waals surface area contributed by atoms with Crippen molar-refractivity contribution in [2.75, 3.05) is 24.6 Å². The summed E-state index contributed by atoms with van der Waals surface area (Å²) >= 11 is 1.92. The van der Waals surface area contributed by atoms with E-state index in [4.69, 9.17) is 0 Å². The van der Waals surface area contributed by atoms with E-state index in [2.05, 4.69) is 24.4 Å². The fraction of sp³-hybridized carbons (Fsp3) is 0.611. The van der Waals surface area contributed by atoms with Gasteiger partial charge in [0.05, 0.1) is 6.10 Å². The Bertz CT molecular complexity index is 481. The van der Waals surface area contributed by atoms with Gasteiger partial charge in [0.2, 0.25) is 0 Å². The lowest BCUT2D eigenvalue weighted by Gasteiger charge is -2.28. The van der Waals surface area contributed by atoms with Gasteiger partial charge < -0.3 is 15.3 Å². The number of hydrogen-bond acceptors (Lipinski definition) is 3. The van der Waals surface area contributed by atoms with Crippen LogP contribution >= 0.6 is 11.8 Å². The summed E-state index contributed by atoms with van der Waals surface area (Å²) < 4.78 is 0. The molecule has 0 aromatic heterocycles. The van der Waals surface area contributed by atoms with E-state index in [0.29, 0.717) is 13.0 Å². The lowest BCUT2D eigenvalue weighted by atomic mass is 9.93. The second-order valence-corrected chi connectivity index (χ2v) is 7.55. The van der Waals surface area contributed by atoms with E-state index in [1.807, 2.05) is 34.9 Å². The van der Waals surface area contributed by atoms with Gasteiger partial charge in [-0.2, -0.15) is 11.8 Å². The minimum absolute atomic E-state index is 0.0199. The Morgan fingerprint density at radius 1 is 1.39 bits per heavy atom. The molecule has 3 atom stereocenters. The number of carbonyl (C=O) groups is 1. The second kappa shape index (κ2) is 9.18. The predicted molar refractivity (Wildman–Crippen MR) is 97.0 cm³/mol. The van der Waals surface area contributed by atoms with Crippen molar-refractivity contribution in [1.82, 2.24) is 10.2 Å². The summed E-state index contributed by atoms with van der Waals surface area (Å²) in [7, 11) is 0. The Morgan fingerprint density at radius 2 is 2.13 bits per heavy atom. The molecule has 128 valence electrons. The van der Waals surface area contributed by atoms with Crippen LogP contribution in [-0.4, -0.2) is 52.8 Å². The highest BCUT2D eigenvalue weighted by Crippen LogP contribution is 2.21. The zero-order chi connectivity index (χ0) is 16.7. The molecule has 1 fully saturated rings. The van der Waals surface area contributed by atoms with Crippen molar-refractivity contribution in [2.24, 2.45) is 0 Å². The van der Waals surface area contributed by atoms with E-state index in [9.17, 15) is 9.90 Å². The van der Waals surface area contributed by atoms with E-state index in [1.165, 1.54) is 0 Å². The van der Waals surface area contributed by atoms with Gasteiger partial charge in [-0.15, -0.1) is 0 Å². The molecule has 2 amide bonds. The molecule has 4 nitrogen and oxygen atoms in total. The molecule has 1 aromatic rings. The number of benzene rings is 1. The Morgan fingerprint density at radius 3 is 2.83 bits per heavy atom. The van der Waals surface area contributed by atoms with E-state index in [-0.39, 0.29) is 24.1 Å². The molecular formula is C18H28N2O2S. The first-order chi connectivity index (χ1) is 11.1. The first-order valence-corrected chi connectivity index (χ1v) is 9.58. The molecule has 1 heterocycles. The molecule has 23 heavy (non-hydrogen) atoms. The van der Waals surface area contributed by atoms with Crippen LogP contribution in [0.1, 0.15) is 38.2 Å². The summed E-state index contributed by atoms with van der Waals surface area (Å²) in [6.07, 6.45) is 1.31. The first kappa shape index (κ1) is 18.1. The Kier molecular flexibility index (Phi) is 7.24. The number of aliphatic hydroxyl groups is 1. The average Bonchev–Trinajstić information content (AvgIpc) is 2.76. The van der Waals surface area contributed by atoms with Crippen LogP contribution in [0.5, 0.6) is 0 Å². The van der Waals surface area contributed by atoms with Crippen LogP contribution in [0, 0.1) is 0 Å². The van der Waals surface area contributed by atoms with Gasteiger partial charge in [-0.25, -0.2) is 4.79 Å². The van der Waals surface area contributed by atoms with Gasteiger partial charge in [-0.1, -0.05) is 30.3 Å². The molecule has 0 bridgehead atoms. The molecule has 0 saturated carbocycles. The highest BCUT2D eigenvalue weighted by molar-refractivity contribution is 7.99. The van der Waals surface area contributed by atoms with Crippen molar-refractivity contribution in [3.63, 3.8) is 0 Å². The molecule has 0 unspecified atom stereocenters. The number of thioether (sulfide) groups is 1. The van der Waals surface area contributed by atoms with Crippen molar-refractivity contribution < 1.29 is 9.90 Å². The van der Waals surface area contributed by atoms with Gasteiger partial charge in [-0.05, 0) is 38.0 Å².